The lowest BCUT2D eigenvalue weighted by atomic mass is 10.1. The smallest absolute Gasteiger partial charge is 0.325 e. The highest BCUT2D eigenvalue weighted by Gasteiger charge is 2.31. The van der Waals surface area contributed by atoms with Gasteiger partial charge in [0.1, 0.15) is 18.1 Å². The first-order valence-corrected chi connectivity index (χ1v) is 9.67. The zero-order valence-corrected chi connectivity index (χ0v) is 17.9. The molecule has 5 unspecified atom stereocenters. The van der Waals surface area contributed by atoms with Gasteiger partial charge in [0, 0.05) is 6.54 Å². The molecule has 15 heteroatoms. The summed E-state index contributed by atoms with van der Waals surface area (Å²) in [4.78, 5) is 62.9. The number of carbonyl (C=O) groups excluding carboxylic acids is 4. The highest BCUT2D eigenvalue weighted by Crippen LogP contribution is 2.03. The van der Waals surface area contributed by atoms with Gasteiger partial charge in [-0.25, -0.2) is 0 Å². The minimum Gasteiger partial charge on any atom is -0.480 e. The van der Waals surface area contributed by atoms with E-state index >= 15 is 0 Å². The zero-order chi connectivity index (χ0) is 25.0. The monoisotopic (exact) mass is 460 g/mol. The van der Waals surface area contributed by atoms with Crippen LogP contribution in [0.3, 0.4) is 0 Å². The van der Waals surface area contributed by atoms with Crippen LogP contribution in [0, 0.1) is 0 Å². The molecular weight excluding hydrogens is 428 g/mol. The number of aliphatic hydroxyl groups is 1. The number of aliphatic hydroxyl groups excluding tert-OH is 1. The van der Waals surface area contributed by atoms with Crippen molar-refractivity contribution in [3.8, 4) is 0 Å². The third-order valence-corrected chi connectivity index (χ3v) is 4.13. The Morgan fingerprint density at radius 3 is 2.00 bits per heavy atom. The molecule has 0 saturated heterocycles. The van der Waals surface area contributed by atoms with Crippen LogP contribution < -0.4 is 38.9 Å². The molecule has 32 heavy (non-hydrogen) atoms. The number of rotatable bonds is 14. The van der Waals surface area contributed by atoms with E-state index in [1.807, 2.05) is 0 Å². The van der Waals surface area contributed by atoms with Crippen molar-refractivity contribution in [1.29, 1.82) is 0 Å². The lowest BCUT2D eigenvalue weighted by molar-refractivity contribution is -0.142. The van der Waals surface area contributed by atoms with Crippen LogP contribution >= 0.6 is 0 Å². The number of carboxylic acid groups (broad SMARTS) is 1. The number of nitrogens with one attached hydrogen (secondary N) is 3. The fraction of sp³-hybridized carbons (Fsp3) is 0.647. The van der Waals surface area contributed by atoms with Crippen LogP contribution in [-0.2, 0) is 24.0 Å². The summed E-state index contributed by atoms with van der Waals surface area (Å²) in [5.74, 6) is -4.96. The lowest BCUT2D eigenvalue weighted by Crippen LogP contribution is -2.59. The van der Waals surface area contributed by atoms with Crippen molar-refractivity contribution < 1.29 is 34.2 Å². The van der Waals surface area contributed by atoms with Gasteiger partial charge in [0.05, 0.1) is 18.6 Å². The molecule has 0 saturated carbocycles. The fourth-order valence-corrected chi connectivity index (χ4v) is 2.38. The van der Waals surface area contributed by atoms with E-state index in [1.54, 1.807) is 0 Å². The molecule has 0 aliphatic rings. The standard InChI is InChI=1S/C17H32N8O7/c1-7(16(31)32)23-14(29)10(4-3-5-22-17(20)21)24-15(30)12(8(2)26)25-13(28)9(18)6-11(19)27/h7-10,12,26H,3-6,18H2,1-2H3,(H2,19,27)(H,23,29)(H,24,30)(H,25,28)(H,31,32)(H4,20,21,22). The van der Waals surface area contributed by atoms with E-state index in [9.17, 15) is 29.1 Å². The first-order chi connectivity index (χ1) is 14.8. The number of aliphatic carboxylic acids is 1. The topological polar surface area (TPSA) is 278 Å². The maximum atomic E-state index is 12.7. The number of carboxylic acids is 1. The van der Waals surface area contributed by atoms with E-state index in [0.717, 1.165) is 0 Å². The van der Waals surface area contributed by atoms with Gasteiger partial charge in [-0.15, -0.1) is 0 Å². The van der Waals surface area contributed by atoms with E-state index in [0.29, 0.717) is 0 Å². The molecule has 0 spiro atoms. The Kier molecular flexibility index (Phi) is 12.3. The van der Waals surface area contributed by atoms with Gasteiger partial charge in [0.2, 0.25) is 23.6 Å². The summed E-state index contributed by atoms with van der Waals surface area (Å²) in [6, 6.07) is -5.34. The van der Waals surface area contributed by atoms with Gasteiger partial charge >= 0.3 is 5.97 Å². The van der Waals surface area contributed by atoms with Crippen LogP contribution in [0.1, 0.15) is 33.1 Å². The first-order valence-electron chi connectivity index (χ1n) is 9.67. The van der Waals surface area contributed by atoms with Gasteiger partial charge in [-0.05, 0) is 26.7 Å². The van der Waals surface area contributed by atoms with Crippen LogP contribution in [0.25, 0.3) is 0 Å². The number of hydrogen-bond donors (Lipinski definition) is 9. The van der Waals surface area contributed by atoms with Gasteiger partial charge in [-0.2, -0.15) is 0 Å². The second kappa shape index (κ2) is 13.8. The predicted octanol–water partition coefficient (Wildman–Crippen LogP) is -4.82. The summed E-state index contributed by atoms with van der Waals surface area (Å²) in [7, 11) is 0. The van der Waals surface area contributed by atoms with Crippen LogP contribution in [-0.4, -0.2) is 82.6 Å². The van der Waals surface area contributed by atoms with Crippen molar-refractivity contribution >= 4 is 35.6 Å². The normalized spacial score (nSPS) is 15.2. The molecule has 0 radical (unpaired) electrons. The van der Waals surface area contributed by atoms with Crippen LogP contribution in [0.2, 0.25) is 0 Å². The third kappa shape index (κ3) is 11.1. The number of carbonyl (C=O) groups is 5. The van der Waals surface area contributed by atoms with Crippen LogP contribution in [0.5, 0.6) is 0 Å². The second-order valence-corrected chi connectivity index (χ2v) is 7.08. The van der Waals surface area contributed by atoms with E-state index < -0.39 is 66.3 Å². The molecule has 0 fully saturated rings. The van der Waals surface area contributed by atoms with E-state index in [2.05, 4.69) is 20.9 Å². The molecule has 0 rings (SSSR count). The quantitative estimate of drug-likeness (QED) is 0.0677. The van der Waals surface area contributed by atoms with Gasteiger partial charge in [0.25, 0.3) is 0 Å². The molecule has 0 aromatic rings. The van der Waals surface area contributed by atoms with Gasteiger partial charge in [-0.3, -0.25) is 29.0 Å². The summed E-state index contributed by atoms with van der Waals surface area (Å²) < 4.78 is 0. The largest absolute Gasteiger partial charge is 0.480 e. The maximum absolute atomic E-state index is 12.7. The molecule has 4 amide bonds. The Hall–Kier alpha value is -3.46. The van der Waals surface area contributed by atoms with Gasteiger partial charge in [-0.1, -0.05) is 0 Å². The highest BCUT2D eigenvalue weighted by atomic mass is 16.4. The molecule has 0 aromatic carbocycles. The minimum atomic E-state index is -1.52. The summed E-state index contributed by atoms with van der Waals surface area (Å²) >= 11 is 0. The number of primary amides is 1. The van der Waals surface area contributed by atoms with Crippen molar-refractivity contribution in [2.24, 2.45) is 27.9 Å². The van der Waals surface area contributed by atoms with E-state index in [-0.39, 0.29) is 25.3 Å². The summed E-state index contributed by atoms with van der Waals surface area (Å²) in [5, 5.41) is 25.6. The van der Waals surface area contributed by atoms with Crippen molar-refractivity contribution in [2.45, 2.75) is 63.4 Å². The van der Waals surface area contributed by atoms with Crippen molar-refractivity contribution in [1.82, 2.24) is 16.0 Å². The van der Waals surface area contributed by atoms with Crippen LogP contribution in [0.15, 0.2) is 4.99 Å². The number of hydrogen-bond acceptors (Lipinski definition) is 8. The molecule has 182 valence electrons. The molecule has 15 nitrogen and oxygen atoms in total. The third-order valence-electron chi connectivity index (χ3n) is 4.13. The number of nitrogens with two attached hydrogens (primary N) is 4. The van der Waals surface area contributed by atoms with E-state index in [4.69, 9.17) is 28.0 Å². The molecular formula is C17H32N8O7. The average Bonchev–Trinajstić information content (AvgIpc) is 2.66. The first kappa shape index (κ1) is 28.5. The zero-order valence-electron chi connectivity index (χ0n) is 17.9. The average molecular weight is 460 g/mol. The highest BCUT2D eigenvalue weighted by molar-refractivity contribution is 5.95. The second-order valence-electron chi connectivity index (χ2n) is 7.08. The molecule has 0 aliphatic carbocycles. The van der Waals surface area contributed by atoms with Crippen LogP contribution in [0.4, 0.5) is 0 Å². The Morgan fingerprint density at radius 1 is 0.938 bits per heavy atom. The number of amides is 4. The Bertz CT molecular complexity index is 724. The molecule has 0 bridgehead atoms. The minimum absolute atomic E-state index is 0.0162. The maximum Gasteiger partial charge on any atom is 0.325 e. The SMILES string of the molecule is CC(NC(=O)C(CCCN=C(N)N)NC(=O)C(NC(=O)C(N)CC(N)=O)C(C)O)C(=O)O. The number of aliphatic imine (C=N–C) groups is 1. The summed E-state index contributed by atoms with van der Waals surface area (Å²) in [6.07, 6.45) is -1.62. The van der Waals surface area contributed by atoms with Gasteiger partial charge < -0.3 is 49.1 Å². The van der Waals surface area contributed by atoms with Gasteiger partial charge in [0.15, 0.2) is 5.96 Å². The summed E-state index contributed by atoms with van der Waals surface area (Å²) in [5.41, 5.74) is 21.0. The number of nitrogens with zero attached hydrogens (tertiary/aromatic N) is 1. The molecule has 0 aromatic heterocycles. The number of guanidine groups is 1. The van der Waals surface area contributed by atoms with Crippen molar-refractivity contribution in [3.05, 3.63) is 0 Å². The Labute approximate surface area is 184 Å². The Balaban J connectivity index is 5.37. The van der Waals surface area contributed by atoms with Crippen molar-refractivity contribution in [3.63, 3.8) is 0 Å². The van der Waals surface area contributed by atoms with E-state index in [1.165, 1.54) is 13.8 Å². The predicted molar refractivity (Wildman–Crippen MR) is 112 cm³/mol. The summed E-state index contributed by atoms with van der Waals surface area (Å²) in [6.45, 7) is 2.58. The molecule has 0 heterocycles. The molecule has 13 N–H and O–H groups in total. The molecule has 5 atom stereocenters. The Morgan fingerprint density at radius 2 is 1.53 bits per heavy atom. The fourth-order valence-electron chi connectivity index (χ4n) is 2.38. The lowest BCUT2D eigenvalue weighted by Gasteiger charge is -2.26. The van der Waals surface area contributed by atoms with Crippen molar-refractivity contribution in [2.75, 3.05) is 6.54 Å². The molecule has 0 aliphatic heterocycles.